The van der Waals surface area contributed by atoms with Gasteiger partial charge in [-0.1, -0.05) is 24.4 Å². The lowest BCUT2D eigenvalue weighted by Crippen LogP contribution is -2.49. The number of rotatable bonds is 4. The van der Waals surface area contributed by atoms with E-state index in [4.69, 9.17) is 4.52 Å². The van der Waals surface area contributed by atoms with Crippen molar-refractivity contribution in [3.63, 3.8) is 0 Å². The molecule has 2 rings (SSSR count). The average molecular weight is 238 g/mol. The van der Waals surface area contributed by atoms with Gasteiger partial charge < -0.3 is 14.9 Å². The van der Waals surface area contributed by atoms with E-state index in [2.05, 4.69) is 10.5 Å². The molecule has 0 unspecified atom stereocenters. The fourth-order valence-electron chi connectivity index (χ4n) is 2.65. The maximum atomic E-state index is 9.61. The van der Waals surface area contributed by atoms with Crippen molar-refractivity contribution in [2.75, 3.05) is 6.61 Å². The van der Waals surface area contributed by atoms with Crippen LogP contribution < -0.4 is 5.32 Å². The lowest BCUT2D eigenvalue weighted by molar-refractivity contribution is 0.119. The second-order valence-electron chi connectivity index (χ2n) is 5.16. The van der Waals surface area contributed by atoms with Crippen LogP contribution in [0.4, 0.5) is 0 Å². The Bertz CT molecular complexity index is 348. The molecule has 1 aromatic rings. The van der Waals surface area contributed by atoms with Gasteiger partial charge in [-0.15, -0.1) is 0 Å². The molecule has 0 aliphatic heterocycles. The summed E-state index contributed by atoms with van der Waals surface area (Å²) in [6.07, 6.45) is 5.82. The Morgan fingerprint density at radius 1 is 1.29 bits per heavy atom. The monoisotopic (exact) mass is 238 g/mol. The summed E-state index contributed by atoms with van der Waals surface area (Å²) in [6, 6.07) is 0. The molecule has 96 valence electrons. The highest BCUT2D eigenvalue weighted by molar-refractivity contribution is 5.20. The number of aliphatic hydroxyl groups excluding tert-OH is 1. The molecule has 17 heavy (non-hydrogen) atoms. The maximum absolute atomic E-state index is 9.61. The van der Waals surface area contributed by atoms with Crippen LogP contribution in [0.5, 0.6) is 0 Å². The number of nitrogens with one attached hydrogen (secondary N) is 1. The first-order valence-electron chi connectivity index (χ1n) is 6.44. The van der Waals surface area contributed by atoms with Gasteiger partial charge in [-0.3, -0.25) is 0 Å². The number of aryl methyl sites for hydroxylation is 2. The zero-order chi connectivity index (χ0) is 12.3. The van der Waals surface area contributed by atoms with E-state index in [1.54, 1.807) is 0 Å². The fraction of sp³-hybridized carbons (Fsp3) is 0.769. The predicted octanol–water partition coefficient (Wildman–Crippen LogP) is 2.08. The summed E-state index contributed by atoms with van der Waals surface area (Å²) in [5.74, 6) is 0.874. The van der Waals surface area contributed by atoms with Crippen molar-refractivity contribution in [3.05, 3.63) is 17.0 Å². The van der Waals surface area contributed by atoms with E-state index in [1.807, 2.05) is 13.8 Å². The molecule has 0 radical (unpaired) electrons. The first kappa shape index (κ1) is 12.6. The van der Waals surface area contributed by atoms with Crippen LogP contribution >= 0.6 is 0 Å². The molecule has 0 saturated heterocycles. The largest absolute Gasteiger partial charge is 0.394 e. The van der Waals surface area contributed by atoms with E-state index in [0.29, 0.717) is 0 Å². The minimum Gasteiger partial charge on any atom is -0.394 e. The quantitative estimate of drug-likeness (QED) is 0.843. The van der Waals surface area contributed by atoms with Gasteiger partial charge in [0.2, 0.25) is 0 Å². The summed E-state index contributed by atoms with van der Waals surface area (Å²) < 4.78 is 5.15. The van der Waals surface area contributed by atoms with E-state index in [0.717, 1.165) is 36.4 Å². The van der Waals surface area contributed by atoms with Gasteiger partial charge in [0, 0.05) is 17.6 Å². The average Bonchev–Trinajstić information content (AvgIpc) is 2.68. The summed E-state index contributed by atoms with van der Waals surface area (Å²) in [5, 5.41) is 17.1. The Kier molecular flexibility index (Phi) is 3.84. The summed E-state index contributed by atoms with van der Waals surface area (Å²) in [7, 11) is 0. The highest BCUT2D eigenvalue weighted by Gasteiger charge is 2.31. The predicted molar refractivity (Wildman–Crippen MR) is 65.7 cm³/mol. The lowest BCUT2D eigenvalue weighted by Gasteiger charge is -2.36. The Labute approximate surface area is 102 Å². The van der Waals surface area contributed by atoms with Gasteiger partial charge in [-0.2, -0.15) is 0 Å². The van der Waals surface area contributed by atoms with E-state index < -0.39 is 0 Å². The molecule has 0 spiro atoms. The summed E-state index contributed by atoms with van der Waals surface area (Å²) >= 11 is 0. The first-order chi connectivity index (χ1) is 8.17. The molecule has 0 bridgehead atoms. The summed E-state index contributed by atoms with van der Waals surface area (Å²) in [6.45, 7) is 4.85. The van der Waals surface area contributed by atoms with Crippen LogP contribution in [-0.2, 0) is 6.54 Å². The minimum atomic E-state index is -0.0889. The molecular formula is C13H22N2O2. The zero-order valence-electron chi connectivity index (χ0n) is 10.8. The summed E-state index contributed by atoms with van der Waals surface area (Å²) in [4.78, 5) is 0. The van der Waals surface area contributed by atoms with E-state index >= 15 is 0 Å². The Balaban J connectivity index is 2.00. The van der Waals surface area contributed by atoms with Crippen LogP contribution in [0.1, 0.15) is 49.1 Å². The Hall–Kier alpha value is -0.870. The Morgan fingerprint density at radius 3 is 2.53 bits per heavy atom. The molecule has 0 aromatic carbocycles. The lowest BCUT2D eigenvalue weighted by atomic mass is 9.82. The van der Waals surface area contributed by atoms with Gasteiger partial charge in [0.05, 0.1) is 12.3 Å². The second-order valence-corrected chi connectivity index (χ2v) is 5.16. The highest BCUT2D eigenvalue weighted by Crippen LogP contribution is 2.28. The molecule has 1 saturated carbocycles. The molecule has 4 heteroatoms. The summed E-state index contributed by atoms with van der Waals surface area (Å²) in [5.41, 5.74) is 1.98. The highest BCUT2D eigenvalue weighted by atomic mass is 16.5. The molecular weight excluding hydrogens is 216 g/mol. The number of hydrogen-bond acceptors (Lipinski definition) is 4. The van der Waals surface area contributed by atoms with Crippen molar-refractivity contribution >= 4 is 0 Å². The standard InChI is InChI=1S/C13H22N2O2/c1-10-12(11(2)17-15-10)8-14-13(9-16)6-4-3-5-7-13/h14,16H,3-9H2,1-2H3. The van der Waals surface area contributed by atoms with Gasteiger partial charge in [0.25, 0.3) is 0 Å². The SMILES string of the molecule is Cc1noc(C)c1CNC1(CO)CCCCC1. The van der Waals surface area contributed by atoms with E-state index in [-0.39, 0.29) is 12.1 Å². The van der Waals surface area contributed by atoms with Gasteiger partial charge in [-0.25, -0.2) is 0 Å². The van der Waals surface area contributed by atoms with Crippen LogP contribution in [-0.4, -0.2) is 22.4 Å². The van der Waals surface area contributed by atoms with Crippen molar-refractivity contribution in [1.82, 2.24) is 10.5 Å². The smallest absolute Gasteiger partial charge is 0.138 e. The van der Waals surface area contributed by atoms with Gasteiger partial charge in [0.1, 0.15) is 5.76 Å². The maximum Gasteiger partial charge on any atom is 0.138 e. The molecule has 1 heterocycles. The van der Waals surface area contributed by atoms with Crippen molar-refractivity contribution in [2.24, 2.45) is 0 Å². The molecule has 4 nitrogen and oxygen atoms in total. The van der Waals surface area contributed by atoms with Gasteiger partial charge in [-0.05, 0) is 26.7 Å². The molecule has 2 N–H and O–H groups in total. The first-order valence-corrected chi connectivity index (χ1v) is 6.44. The number of hydrogen-bond donors (Lipinski definition) is 2. The van der Waals surface area contributed by atoms with Crippen molar-refractivity contribution in [3.8, 4) is 0 Å². The van der Waals surface area contributed by atoms with Gasteiger partial charge >= 0.3 is 0 Å². The third kappa shape index (κ3) is 2.69. The van der Waals surface area contributed by atoms with Crippen LogP contribution in [0.15, 0.2) is 4.52 Å². The van der Waals surface area contributed by atoms with E-state index in [1.165, 1.54) is 19.3 Å². The molecule has 1 aliphatic rings. The normalized spacial score (nSPS) is 19.5. The molecule has 1 aromatic heterocycles. The van der Waals surface area contributed by atoms with Crippen LogP contribution in [0.2, 0.25) is 0 Å². The van der Waals surface area contributed by atoms with E-state index in [9.17, 15) is 5.11 Å². The number of nitrogens with zero attached hydrogens (tertiary/aromatic N) is 1. The molecule has 0 atom stereocenters. The zero-order valence-corrected chi connectivity index (χ0v) is 10.8. The Morgan fingerprint density at radius 2 is 2.00 bits per heavy atom. The fourth-order valence-corrected chi connectivity index (χ4v) is 2.65. The topological polar surface area (TPSA) is 58.3 Å². The molecule has 1 aliphatic carbocycles. The van der Waals surface area contributed by atoms with Gasteiger partial charge in [0.15, 0.2) is 0 Å². The third-order valence-electron chi connectivity index (χ3n) is 3.93. The van der Waals surface area contributed by atoms with Crippen molar-refractivity contribution in [2.45, 2.75) is 58.0 Å². The molecule has 0 amide bonds. The second kappa shape index (κ2) is 5.19. The van der Waals surface area contributed by atoms with Crippen LogP contribution in [0.3, 0.4) is 0 Å². The van der Waals surface area contributed by atoms with Crippen molar-refractivity contribution in [1.29, 1.82) is 0 Å². The third-order valence-corrected chi connectivity index (χ3v) is 3.93. The van der Waals surface area contributed by atoms with Crippen molar-refractivity contribution < 1.29 is 9.63 Å². The number of aliphatic hydroxyl groups is 1. The minimum absolute atomic E-state index is 0.0889. The number of aromatic nitrogens is 1. The van der Waals surface area contributed by atoms with Crippen LogP contribution in [0, 0.1) is 13.8 Å². The molecule has 1 fully saturated rings. The van der Waals surface area contributed by atoms with Crippen LogP contribution in [0.25, 0.3) is 0 Å².